The number of aliphatic hydroxyl groups is 2. The molecule has 4 fully saturated rings. The Morgan fingerprint density at radius 2 is 1.66 bits per heavy atom. The molecular formula is C30H54O2. The van der Waals surface area contributed by atoms with Crippen molar-refractivity contribution in [1.82, 2.24) is 0 Å². The van der Waals surface area contributed by atoms with Crippen molar-refractivity contribution in [1.29, 1.82) is 0 Å². The standard InChI is InChI=1S/C30H54O2/c1-7-30(32)19-18-28(5)22(20-30)13-14-23-25-12-8-11-24(29(25,6)17-15-26(23)28)21(2)10-9-16-27(3,4)31/h21-26,31-32H,7-20H2,1-6H3/t21-,22+,23+,24-,25+,26+,28+,29-,30+/m1/s1. The molecule has 4 rings (SSSR count). The highest BCUT2D eigenvalue weighted by molar-refractivity contribution is 5.09. The summed E-state index contributed by atoms with van der Waals surface area (Å²) in [5.41, 5.74) is 0.0932. The van der Waals surface area contributed by atoms with E-state index in [1.165, 1.54) is 57.8 Å². The van der Waals surface area contributed by atoms with Crippen LogP contribution in [0.2, 0.25) is 0 Å². The third-order valence-corrected chi connectivity index (χ3v) is 11.9. The molecule has 186 valence electrons. The summed E-state index contributed by atoms with van der Waals surface area (Å²) in [6.45, 7) is 14.0. The summed E-state index contributed by atoms with van der Waals surface area (Å²) >= 11 is 0. The Morgan fingerprint density at radius 1 is 0.938 bits per heavy atom. The van der Waals surface area contributed by atoms with Crippen LogP contribution in [0.3, 0.4) is 0 Å². The van der Waals surface area contributed by atoms with Crippen LogP contribution in [0.15, 0.2) is 0 Å². The van der Waals surface area contributed by atoms with Gasteiger partial charge in [-0.05, 0) is 131 Å². The van der Waals surface area contributed by atoms with E-state index in [9.17, 15) is 10.2 Å². The Kier molecular flexibility index (Phi) is 6.92. The first-order valence-corrected chi connectivity index (χ1v) is 14.4. The second-order valence-electron chi connectivity index (χ2n) is 14.2. The van der Waals surface area contributed by atoms with Crippen LogP contribution in [0, 0.1) is 46.3 Å². The van der Waals surface area contributed by atoms with Gasteiger partial charge < -0.3 is 10.2 Å². The van der Waals surface area contributed by atoms with Gasteiger partial charge in [0, 0.05) is 0 Å². The normalized spacial score (nSPS) is 47.8. The number of fused-ring (bicyclic) bond motifs is 5. The van der Waals surface area contributed by atoms with Gasteiger partial charge in [-0.25, -0.2) is 0 Å². The molecule has 0 amide bonds. The fourth-order valence-electron chi connectivity index (χ4n) is 9.88. The molecular weight excluding hydrogens is 392 g/mol. The van der Waals surface area contributed by atoms with E-state index in [0.29, 0.717) is 10.8 Å². The van der Waals surface area contributed by atoms with Crippen molar-refractivity contribution in [2.24, 2.45) is 46.3 Å². The number of hydrogen-bond donors (Lipinski definition) is 2. The van der Waals surface area contributed by atoms with Crippen LogP contribution in [0.25, 0.3) is 0 Å². The zero-order valence-electron chi connectivity index (χ0n) is 22.3. The van der Waals surface area contributed by atoms with E-state index in [2.05, 4.69) is 27.7 Å². The van der Waals surface area contributed by atoms with Gasteiger partial charge in [0.2, 0.25) is 0 Å². The molecule has 0 spiro atoms. The second-order valence-corrected chi connectivity index (χ2v) is 14.2. The van der Waals surface area contributed by atoms with Crippen molar-refractivity contribution in [2.45, 2.75) is 143 Å². The van der Waals surface area contributed by atoms with Gasteiger partial charge in [0.15, 0.2) is 0 Å². The smallest absolute Gasteiger partial charge is 0.0648 e. The minimum absolute atomic E-state index is 0.380. The van der Waals surface area contributed by atoms with Crippen LogP contribution in [0.4, 0.5) is 0 Å². The van der Waals surface area contributed by atoms with Crippen molar-refractivity contribution in [2.75, 3.05) is 0 Å². The third kappa shape index (κ3) is 4.46. The summed E-state index contributed by atoms with van der Waals surface area (Å²) in [5, 5.41) is 21.2. The molecule has 9 atom stereocenters. The van der Waals surface area contributed by atoms with E-state index in [1.807, 2.05) is 13.8 Å². The van der Waals surface area contributed by atoms with E-state index < -0.39 is 5.60 Å². The minimum atomic E-state index is -0.519. The summed E-state index contributed by atoms with van der Waals surface area (Å²) in [5.74, 6) is 5.13. The van der Waals surface area contributed by atoms with Crippen molar-refractivity contribution < 1.29 is 10.2 Å². The van der Waals surface area contributed by atoms with Crippen molar-refractivity contribution in [3.8, 4) is 0 Å². The Hall–Kier alpha value is -0.0800. The average Bonchev–Trinajstić information content (AvgIpc) is 2.72. The van der Waals surface area contributed by atoms with Gasteiger partial charge in [-0.15, -0.1) is 0 Å². The van der Waals surface area contributed by atoms with Crippen LogP contribution >= 0.6 is 0 Å². The van der Waals surface area contributed by atoms with E-state index in [-0.39, 0.29) is 5.60 Å². The zero-order valence-corrected chi connectivity index (χ0v) is 22.3. The molecule has 2 nitrogen and oxygen atoms in total. The molecule has 2 N–H and O–H groups in total. The number of hydrogen-bond acceptors (Lipinski definition) is 2. The second kappa shape index (κ2) is 8.85. The monoisotopic (exact) mass is 446 g/mol. The van der Waals surface area contributed by atoms with Gasteiger partial charge in [0.1, 0.15) is 0 Å². The van der Waals surface area contributed by atoms with Gasteiger partial charge in [-0.1, -0.05) is 47.0 Å². The highest BCUT2D eigenvalue weighted by Crippen LogP contribution is 2.68. The molecule has 0 saturated heterocycles. The first kappa shape index (κ1) is 25.0. The predicted molar refractivity (Wildman–Crippen MR) is 134 cm³/mol. The summed E-state index contributed by atoms with van der Waals surface area (Å²) in [6, 6.07) is 0. The first-order valence-electron chi connectivity index (χ1n) is 14.4. The van der Waals surface area contributed by atoms with Gasteiger partial charge in [0.25, 0.3) is 0 Å². The van der Waals surface area contributed by atoms with Crippen LogP contribution in [0.1, 0.15) is 131 Å². The van der Waals surface area contributed by atoms with E-state index in [0.717, 1.165) is 67.6 Å². The molecule has 4 aliphatic carbocycles. The zero-order chi connectivity index (χ0) is 23.4. The fourth-order valence-corrected chi connectivity index (χ4v) is 9.88. The lowest BCUT2D eigenvalue weighted by molar-refractivity contribution is -0.172. The first-order chi connectivity index (χ1) is 14.9. The quantitative estimate of drug-likeness (QED) is 0.438. The maximum Gasteiger partial charge on any atom is 0.0648 e. The topological polar surface area (TPSA) is 40.5 Å². The molecule has 2 heteroatoms. The highest BCUT2D eigenvalue weighted by Gasteiger charge is 2.60. The average molecular weight is 447 g/mol. The lowest BCUT2D eigenvalue weighted by Gasteiger charge is -2.65. The fraction of sp³-hybridized carbons (Fsp3) is 1.00. The Bertz CT molecular complexity index is 652. The summed E-state index contributed by atoms with van der Waals surface area (Å²) < 4.78 is 0. The number of rotatable bonds is 6. The SMILES string of the molecule is CC[C@]1(O)CC[C@@]2(C)[C@@H](CC[C@@H]3[C@@H]2CC[C@]2(C)[C@@H]([C@H](C)CCCC(C)(C)O)CCC[C@@H]32)C1. The Labute approximate surface area is 199 Å². The highest BCUT2D eigenvalue weighted by atomic mass is 16.3. The molecule has 0 heterocycles. The summed E-state index contributed by atoms with van der Waals surface area (Å²) in [4.78, 5) is 0. The summed E-state index contributed by atoms with van der Waals surface area (Å²) in [7, 11) is 0. The van der Waals surface area contributed by atoms with E-state index in [1.54, 1.807) is 0 Å². The Balaban J connectivity index is 1.48. The maximum atomic E-state index is 11.1. The molecule has 0 radical (unpaired) electrons. The van der Waals surface area contributed by atoms with Gasteiger partial charge in [-0.2, -0.15) is 0 Å². The van der Waals surface area contributed by atoms with Crippen molar-refractivity contribution in [3.05, 3.63) is 0 Å². The van der Waals surface area contributed by atoms with Gasteiger partial charge in [-0.3, -0.25) is 0 Å². The minimum Gasteiger partial charge on any atom is -0.390 e. The largest absolute Gasteiger partial charge is 0.390 e. The molecule has 32 heavy (non-hydrogen) atoms. The van der Waals surface area contributed by atoms with E-state index in [4.69, 9.17) is 0 Å². The van der Waals surface area contributed by atoms with Crippen LogP contribution in [-0.4, -0.2) is 21.4 Å². The van der Waals surface area contributed by atoms with Crippen LogP contribution in [0.5, 0.6) is 0 Å². The summed E-state index contributed by atoms with van der Waals surface area (Å²) in [6.07, 6.45) is 17.6. The molecule has 0 aromatic carbocycles. The molecule has 4 saturated carbocycles. The maximum absolute atomic E-state index is 11.1. The molecule has 0 bridgehead atoms. The van der Waals surface area contributed by atoms with E-state index >= 15 is 0 Å². The molecule has 0 aromatic heterocycles. The third-order valence-electron chi connectivity index (χ3n) is 11.9. The molecule has 4 aliphatic rings. The van der Waals surface area contributed by atoms with Crippen LogP contribution in [-0.2, 0) is 0 Å². The van der Waals surface area contributed by atoms with Crippen molar-refractivity contribution >= 4 is 0 Å². The molecule has 0 aromatic rings. The Morgan fingerprint density at radius 3 is 2.34 bits per heavy atom. The van der Waals surface area contributed by atoms with Crippen LogP contribution < -0.4 is 0 Å². The van der Waals surface area contributed by atoms with Crippen molar-refractivity contribution in [3.63, 3.8) is 0 Å². The molecule has 0 aliphatic heterocycles. The lowest BCUT2D eigenvalue weighted by atomic mass is 9.40. The predicted octanol–water partition coefficient (Wildman–Crippen LogP) is 7.75. The molecule has 0 unspecified atom stereocenters. The lowest BCUT2D eigenvalue weighted by Crippen LogP contribution is -2.58. The van der Waals surface area contributed by atoms with Gasteiger partial charge >= 0.3 is 0 Å². The van der Waals surface area contributed by atoms with Gasteiger partial charge in [0.05, 0.1) is 11.2 Å².